The number of rotatable bonds is 4. The summed E-state index contributed by atoms with van der Waals surface area (Å²) in [6.45, 7) is 6.35. The molecule has 0 unspecified atom stereocenters. The van der Waals surface area contributed by atoms with Crippen molar-refractivity contribution >= 4 is 33.0 Å². The highest BCUT2D eigenvalue weighted by Crippen LogP contribution is 2.25. The maximum absolute atomic E-state index is 12.0. The van der Waals surface area contributed by atoms with Crippen LogP contribution in [0.4, 0.5) is 0 Å². The van der Waals surface area contributed by atoms with Crippen LogP contribution in [0.5, 0.6) is 0 Å². The lowest BCUT2D eigenvalue weighted by molar-refractivity contribution is 0.438. The minimum atomic E-state index is -3.33. The molecule has 0 spiro atoms. The number of sulfone groups is 1. The third-order valence-corrected chi connectivity index (χ3v) is 4.73. The van der Waals surface area contributed by atoms with Crippen molar-refractivity contribution in [1.82, 2.24) is 5.32 Å². The minimum absolute atomic E-state index is 0.0300. The van der Waals surface area contributed by atoms with E-state index in [4.69, 9.17) is 23.2 Å². The van der Waals surface area contributed by atoms with Gasteiger partial charge < -0.3 is 5.32 Å². The molecule has 0 saturated heterocycles. The van der Waals surface area contributed by atoms with Crippen LogP contribution in [0.3, 0.4) is 0 Å². The number of nitrogens with one attached hydrogen (secondary N) is 1. The third-order valence-electron chi connectivity index (χ3n) is 2.28. The molecular weight excluding hydrogens is 293 g/mol. The van der Waals surface area contributed by atoms with Crippen molar-refractivity contribution in [2.24, 2.45) is 0 Å². The molecule has 1 rings (SSSR count). The molecular formula is C12H17Cl2NO2S. The molecule has 6 heteroatoms. The van der Waals surface area contributed by atoms with Crippen molar-refractivity contribution in [2.45, 2.75) is 31.2 Å². The average molecular weight is 310 g/mol. The van der Waals surface area contributed by atoms with E-state index >= 15 is 0 Å². The molecule has 0 atom stereocenters. The first-order chi connectivity index (χ1) is 8.12. The van der Waals surface area contributed by atoms with Gasteiger partial charge in [0, 0.05) is 12.1 Å². The van der Waals surface area contributed by atoms with Crippen molar-refractivity contribution < 1.29 is 8.42 Å². The SMILES string of the molecule is CC(C)(C)NCCS(=O)(=O)c1ccc(Cl)c(Cl)c1. The Morgan fingerprint density at radius 2 is 1.78 bits per heavy atom. The molecule has 0 aromatic heterocycles. The Kier molecular flexibility index (Phi) is 5.06. The molecule has 3 nitrogen and oxygen atoms in total. The first-order valence-corrected chi connectivity index (χ1v) is 7.95. The summed E-state index contributed by atoms with van der Waals surface area (Å²) in [5, 5.41) is 3.74. The fourth-order valence-corrected chi connectivity index (χ4v) is 2.89. The summed E-state index contributed by atoms with van der Waals surface area (Å²) < 4.78 is 24.1. The standard InChI is InChI=1S/C12H17Cl2NO2S/c1-12(2,3)15-6-7-18(16,17)9-4-5-10(13)11(14)8-9/h4-5,8,15H,6-7H2,1-3H3. The van der Waals surface area contributed by atoms with Gasteiger partial charge in [0.1, 0.15) is 0 Å². The highest BCUT2D eigenvalue weighted by atomic mass is 35.5. The predicted octanol–water partition coefficient (Wildman–Crippen LogP) is 3.16. The van der Waals surface area contributed by atoms with E-state index in [9.17, 15) is 8.42 Å². The lowest BCUT2D eigenvalue weighted by atomic mass is 10.1. The van der Waals surface area contributed by atoms with Gasteiger partial charge >= 0.3 is 0 Å². The lowest BCUT2D eigenvalue weighted by Gasteiger charge is -2.20. The van der Waals surface area contributed by atoms with Gasteiger partial charge in [-0.1, -0.05) is 23.2 Å². The number of benzene rings is 1. The van der Waals surface area contributed by atoms with Crippen LogP contribution in [0, 0.1) is 0 Å². The van der Waals surface area contributed by atoms with Gasteiger partial charge in [-0.15, -0.1) is 0 Å². The summed E-state index contributed by atoms with van der Waals surface area (Å²) in [4.78, 5) is 0.201. The first kappa shape index (κ1) is 15.8. The molecule has 0 fully saturated rings. The fourth-order valence-electron chi connectivity index (χ4n) is 1.35. The van der Waals surface area contributed by atoms with Crippen LogP contribution in [-0.2, 0) is 9.84 Å². The summed E-state index contributed by atoms with van der Waals surface area (Å²) in [5.41, 5.74) is -0.104. The van der Waals surface area contributed by atoms with E-state index in [2.05, 4.69) is 5.32 Å². The van der Waals surface area contributed by atoms with Crippen molar-refractivity contribution in [3.8, 4) is 0 Å². The minimum Gasteiger partial charge on any atom is -0.311 e. The van der Waals surface area contributed by atoms with Gasteiger partial charge in [0.15, 0.2) is 9.84 Å². The molecule has 0 aliphatic rings. The summed E-state index contributed by atoms with van der Waals surface area (Å²) in [5.74, 6) is 0.0300. The maximum atomic E-state index is 12.0. The molecule has 0 heterocycles. The Labute approximate surface area is 118 Å². The predicted molar refractivity (Wildman–Crippen MR) is 76.3 cm³/mol. The normalized spacial score (nSPS) is 12.7. The molecule has 0 aliphatic carbocycles. The van der Waals surface area contributed by atoms with Crippen LogP contribution < -0.4 is 5.32 Å². The lowest BCUT2D eigenvalue weighted by Crippen LogP contribution is -2.38. The quantitative estimate of drug-likeness (QED) is 0.929. The molecule has 0 saturated carbocycles. The van der Waals surface area contributed by atoms with Gasteiger partial charge in [0.2, 0.25) is 0 Å². The second-order valence-electron chi connectivity index (χ2n) is 5.07. The first-order valence-electron chi connectivity index (χ1n) is 5.55. The molecule has 18 heavy (non-hydrogen) atoms. The second-order valence-corrected chi connectivity index (χ2v) is 8.00. The summed E-state index contributed by atoms with van der Waals surface area (Å²) in [6.07, 6.45) is 0. The fraction of sp³-hybridized carbons (Fsp3) is 0.500. The van der Waals surface area contributed by atoms with Crippen LogP contribution in [0.2, 0.25) is 10.0 Å². The van der Waals surface area contributed by atoms with Gasteiger partial charge in [0.05, 0.1) is 20.7 Å². The molecule has 102 valence electrons. The topological polar surface area (TPSA) is 46.2 Å². The van der Waals surface area contributed by atoms with Crippen molar-refractivity contribution in [3.63, 3.8) is 0 Å². The smallest absolute Gasteiger partial charge is 0.179 e. The Morgan fingerprint density at radius 1 is 1.17 bits per heavy atom. The Hall–Kier alpha value is -0.290. The Bertz CT molecular complexity index is 521. The van der Waals surface area contributed by atoms with Gasteiger partial charge in [-0.05, 0) is 39.0 Å². The highest BCUT2D eigenvalue weighted by Gasteiger charge is 2.17. The number of hydrogen-bond donors (Lipinski definition) is 1. The maximum Gasteiger partial charge on any atom is 0.179 e. The molecule has 1 N–H and O–H groups in total. The van der Waals surface area contributed by atoms with Gasteiger partial charge in [0.25, 0.3) is 0 Å². The summed E-state index contributed by atoms with van der Waals surface area (Å²) in [6, 6.07) is 4.35. The van der Waals surface area contributed by atoms with Gasteiger partial charge in [-0.25, -0.2) is 8.42 Å². The average Bonchev–Trinajstić information content (AvgIpc) is 2.19. The molecule has 0 amide bonds. The van der Waals surface area contributed by atoms with Crippen LogP contribution in [-0.4, -0.2) is 26.3 Å². The van der Waals surface area contributed by atoms with Gasteiger partial charge in [-0.2, -0.15) is 0 Å². The second kappa shape index (κ2) is 5.78. The molecule has 0 bridgehead atoms. The third kappa shape index (κ3) is 4.76. The zero-order valence-electron chi connectivity index (χ0n) is 10.6. The van der Waals surface area contributed by atoms with Crippen molar-refractivity contribution in [1.29, 1.82) is 0 Å². The van der Waals surface area contributed by atoms with E-state index in [0.29, 0.717) is 11.6 Å². The van der Waals surface area contributed by atoms with Gasteiger partial charge in [-0.3, -0.25) is 0 Å². The molecule has 1 aromatic rings. The Morgan fingerprint density at radius 3 is 2.28 bits per heavy atom. The summed E-state index contributed by atoms with van der Waals surface area (Å²) in [7, 11) is -3.33. The number of halogens is 2. The van der Waals surface area contributed by atoms with E-state index in [1.807, 2.05) is 20.8 Å². The van der Waals surface area contributed by atoms with E-state index in [1.165, 1.54) is 18.2 Å². The zero-order valence-corrected chi connectivity index (χ0v) is 13.0. The van der Waals surface area contributed by atoms with Crippen LogP contribution in [0.25, 0.3) is 0 Å². The van der Waals surface area contributed by atoms with Crippen LogP contribution in [0.15, 0.2) is 23.1 Å². The molecule has 1 aromatic carbocycles. The monoisotopic (exact) mass is 309 g/mol. The number of hydrogen-bond acceptors (Lipinski definition) is 3. The zero-order chi connectivity index (χ0) is 14.0. The highest BCUT2D eigenvalue weighted by molar-refractivity contribution is 7.91. The van der Waals surface area contributed by atoms with Crippen molar-refractivity contribution in [3.05, 3.63) is 28.2 Å². The summed E-state index contributed by atoms with van der Waals surface area (Å²) >= 11 is 11.6. The Balaban J connectivity index is 2.77. The van der Waals surface area contributed by atoms with E-state index in [1.54, 1.807) is 0 Å². The molecule has 0 aliphatic heterocycles. The largest absolute Gasteiger partial charge is 0.311 e. The van der Waals surface area contributed by atoms with E-state index in [-0.39, 0.29) is 21.2 Å². The van der Waals surface area contributed by atoms with E-state index in [0.717, 1.165) is 0 Å². The van der Waals surface area contributed by atoms with Crippen LogP contribution in [0.1, 0.15) is 20.8 Å². The van der Waals surface area contributed by atoms with Crippen molar-refractivity contribution in [2.75, 3.05) is 12.3 Å². The van der Waals surface area contributed by atoms with Crippen LogP contribution >= 0.6 is 23.2 Å². The molecule has 0 radical (unpaired) electrons. The van der Waals surface area contributed by atoms with E-state index < -0.39 is 9.84 Å².